The lowest BCUT2D eigenvalue weighted by Crippen LogP contribution is -2.49. The van der Waals surface area contributed by atoms with Crippen molar-refractivity contribution in [1.82, 2.24) is 4.90 Å². The van der Waals surface area contributed by atoms with Gasteiger partial charge >= 0.3 is 0 Å². The summed E-state index contributed by atoms with van der Waals surface area (Å²) in [5, 5.41) is 8.73. The molecule has 0 aromatic carbocycles. The molecule has 4 nitrogen and oxygen atoms in total. The zero-order valence-electron chi connectivity index (χ0n) is 6.56. The molecule has 0 bridgehead atoms. The summed E-state index contributed by atoms with van der Waals surface area (Å²) in [7, 11) is 1.85. The molecule has 0 aliphatic carbocycles. The number of morpholine rings is 1. The first-order valence-corrected chi connectivity index (χ1v) is 3.66. The average molecular weight is 159 g/mol. The summed E-state index contributed by atoms with van der Waals surface area (Å²) in [4.78, 5) is 12.3. The van der Waals surface area contributed by atoms with Crippen LogP contribution in [0.2, 0.25) is 0 Å². The number of aliphatic hydroxyl groups is 1. The van der Waals surface area contributed by atoms with Crippen LogP contribution in [-0.4, -0.2) is 55.2 Å². The van der Waals surface area contributed by atoms with Crippen molar-refractivity contribution in [2.45, 2.75) is 12.1 Å². The van der Waals surface area contributed by atoms with Crippen molar-refractivity contribution in [3.63, 3.8) is 0 Å². The van der Waals surface area contributed by atoms with E-state index in [1.165, 1.54) is 0 Å². The van der Waals surface area contributed by atoms with Crippen molar-refractivity contribution in [3.05, 3.63) is 0 Å². The molecule has 1 rings (SSSR count). The lowest BCUT2D eigenvalue weighted by atomic mass is 10.2. The zero-order valence-corrected chi connectivity index (χ0v) is 6.56. The van der Waals surface area contributed by atoms with E-state index in [1.54, 1.807) is 0 Å². The summed E-state index contributed by atoms with van der Waals surface area (Å²) in [5.74, 6) is 0. The lowest BCUT2D eigenvalue weighted by Gasteiger charge is -2.33. The van der Waals surface area contributed by atoms with Gasteiger partial charge in [-0.25, -0.2) is 0 Å². The van der Waals surface area contributed by atoms with Gasteiger partial charge in [0.1, 0.15) is 6.29 Å². The van der Waals surface area contributed by atoms with Crippen molar-refractivity contribution in [2.24, 2.45) is 0 Å². The summed E-state index contributed by atoms with van der Waals surface area (Å²) in [6.07, 6.45) is 0.740. The van der Waals surface area contributed by atoms with Gasteiger partial charge in [-0.05, 0) is 7.05 Å². The Balaban J connectivity index is 2.40. The van der Waals surface area contributed by atoms with E-state index in [9.17, 15) is 4.79 Å². The van der Waals surface area contributed by atoms with Gasteiger partial charge in [0.15, 0.2) is 0 Å². The van der Waals surface area contributed by atoms with Crippen LogP contribution in [0.15, 0.2) is 0 Å². The van der Waals surface area contributed by atoms with Gasteiger partial charge in [0.25, 0.3) is 0 Å². The molecule has 1 aliphatic rings. The van der Waals surface area contributed by atoms with Crippen LogP contribution in [0.4, 0.5) is 0 Å². The zero-order chi connectivity index (χ0) is 8.27. The molecule has 0 spiro atoms. The number of carbonyl (C=O) groups excluding carboxylic acids is 1. The normalized spacial score (nSPS) is 33.6. The average Bonchev–Trinajstić information content (AvgIpc) is 2.04. The van der Waals surface area contributed by atoms with Crippen LogP contribution >= 0.6 is 0 Å². The van der Waals surface area contributed by atoms with Crippen LogP contribution in [0.3, 0.4) is 0 Å². The van der Waals surface area contributed by atoms with E-state index in [-0.39, 0.29) is 18.8 Å². The molecule has 1 saturated heterocycles. The Bertz CT molecular complexity index is 140. The van der Waals surface area contributed by atoms with Crippen molar-refractivity contribution in [1.29, 1.82) is 0 Å². The van der Waals surface area contributed by atoms with Crippen LogP contribution in [0.5, 0.6) is 0 Å². The third-order valence-corrected chi connectivity index (χ3v) is 1.92. The molecule has 1 N–H and O–H groups in total. The second-order valence-corrected chi connectivity index (χ2v) is 2.78. The van der Waals surface area contributed by atoms with Crippen LogP contribution in [0.25, 0.3) is 0 Å². The van der Waals surface area contributed by atoms with Gasteiger partial charge in [0.2, 0.25) is 0 Å². The van der Waals surface area contributed by atoms with E-state index in [0.29, 0.717) is 13.2 Å². The molecule has 1 fully saturated rings. The molecule has 1 unspecified atom stereocenters. The van der Waals surface area contributed by atoms with Gasteiger partial charge in [-0.3, -0.25) is 4.90 Å². The molecular weight excluding hydrogens is 146 g/mol. The summed E-state index contributed by atoms with van der Waals surface area (Å²) >= 11 is 0. The maximum atomic E-state index is 10.4. The smallest absolute Gasteiger partial charge is 0.139 e. The number of rotatable bonds is 2. The SMILES string of the molecule is CN1C[C@@H](CO)OCC1C=O. The van der Waals surface area contributed by atoms with E-state index in [1.807, 2.05) is 11.9 Å². The predicted molar refractivity (Wildman–Crippen MR) is 39.3 cm³/mol. The van der Waals surface area contributed by atoms with Gasteiger partial charge in [-0.2, -0.15) is 0 Å². The molecule has 0 radical (unpaired) electrons. The molecule has 2 atom stereocenters. The second-order valence-electron chi connectivity index (χ2n) is 2.78. The molecule has 11 heavy (non-hydrogen) atoms. The summed E-state index contributed by atoms with van der Waals surface area (Å²) < 4.78 is 5.18. The van der Waals surface area contributed by atoms with Crippen LogP contribution in [-0.2, 0) is 9.53 Å². The molecule has 0 amide bonds. The number of nitrogens with zero attached hydrogens (tertiary/aromatic N) is 1. The first-order chi connectivity index (χ1) is 5.27. The highest BCUT2D eigenvalue weighted by Crippen LogP contribution is 2.06. The first-order valence-electron chi connectivity index (χ1n) is 3.66. The lowest BCUT2D eigenvalue weighted by molar-refractivity contribution is -0.123. The van der Waals surface area contributed by atoms with Crippen molar-refractivity contribution < 1.29 is 14.6 Å². The molecule has 4 heteroatoms. The third kappa shape index (κ3) is 1.99. The number of hydrogen-bond acceptors (Lipinski definition) is 4. The van der Waals surface area contributed by atoms with E-state index in [2.05, 4.69) is 0 Å². The van der Waals surface area contributed by atoms with Crippen molar-refractivity contribution in [2.75, 3.05) is 26.8 Å². The highest BCUT2D eigenvalue weighted by molar-refractivity contribution is 5.57. The molecular formula is C7H13NO3. The Morgan fingerprint density at radius 1 is 1.82 bits per heavy atom. The van der Waals surface area contributed by atoms with Crippen LogP contribution in [0.1, 0.15) is 0 Å². The van der Waals surface area contributed by atoms with E-state index in [0.717, 1.165) is 6.29 Å². The van der Waals surface area contributed by atoms with E-state index in [4.69, 9.17) is 9.84 Å². The molecule has 1 aliphatic heterocycles. The first kappa shape index (κ1) is 8.64. The van der Waals surface area contributed by atoms with E-state index < -0.39 is 0 Å². The van der Waals surface area contributed by atoms with Crippen molar-refractivity contribution in [3.8, 4) is 0 Å². The topological polar surface area (TPSA) is 49.8 Å². The maximum Gasteiger partial charge on any atom is 0.139 e. The minimum absolute atomic E-state index is 0.0237. The highest BCUT2D eigenvalue weighted by Gasteiger charge is 2.24. The number of aldehydes is 1. The minimum Gasteiger partial charge on any atom is -0.394 e. The Labute approximate surface area is 65.8 Å². The number of likely N-dealkylation sites (N-methyl/N-ethyl adjacent to an activating group) is 1. The molecule has 0 saturated carbocycles. The van der Waals surface area contributed by atoms with Gasteiger partial charge in [-0.15, -0.1) is 0 Å². The van der Waals surface area contributed by atoms with Gasteiger partial charge in [0.05, 0.1) is 25.4 Å². The van der Waals surface area contributed by atoms with Crippen LogP contribution < -0.4 is 0 Å². The molecule has 0 aromatic rings. The Morgan fingerprint density at radius 3 is 3.00 bits per heavy atom. The molecule has 64 valence electrons. The van der Waals surface area contributed by atoms with Crippen LogP contribution in [0, 0.1) is 0 Å². The second kappa shape index (κ2) is 3.80. The van der Waals surface area contributed by atoms with Crippen molar-refractivity contribution >= 4 is 6.29 Å². The molecule has 0 aromatic heterocycles. The monoisotopic (exact) mass is 159 g/mol. The minimum atomic E-state index is -0.141. The predicted octanol–water partition coefficient (Wildman–Crippen LogP) is -1.12. The summed E-state index contributed by atoms with van der Waals surface area (Å²) in [6, 6.07) is -0.141. The highest BCUT2D eigenvalue weighted by atomic mass is 16.5. The number of ether oxygens (including phenoxy) is 1. The fourth-order valence-corrected chi connectivity index (χ4v) is 1.12. The third-order valence-electron chi connectivity index (χ3n) is 1.92. The summed E-state index contributed by atoms with van der Waals surface area (Å²) in [5.41, 5.74) is 0. The Kier molecular flexibility index (Phi) is 2.99. The number of hydrogen-bond donors (Lipinski definition) is 1. The standard InChI is InChI=1S/C7H13NO3/c1-8-2-7(4-10)11-5-6(8)3-9/h3,6-7,10H,2,4-5H2,1H3/t6?,7-/m0/s1. The summed E-state index contributed by atoms with van der Waals surface area (Å²) in [6.45, 7) is 1.04. The number of aliphatic hydroxyl groups excluding tert-OH is 1. The largest absolute Gasteiger partial charge is 0.394 e. The van der Waals surface area contributed by atoms with Gasteiger partial charge < -0.3 is 14.6 Å². The van der Waals surface area contributed by atoms with Gasteiger partial charge in [-0.1, -0.05) is 0 Å². The Morgan fingerprint density at radius 2 is 2.55 bits per heavy atom. The fraction of sp³-hybridized carbons (Fsp3) is 0.857. The Hall–Kier alpha value is -0.450. The number of carbonyl (C=O) groups is 1. The van der Waals surface area contributed by atoms with Gasteiger partial charge in [0, 0.05) is 6.54 Å². The maximum absolute atomic E-state index is 10.4. The van der Waals surface area contributed by atoms with E-state index >= 15 is 0 Å². The fourth-order valence-electron chi connectivity index (χ4n) is 1.12. The quantitative estimate of drug-likeness (QED) is 0.518. The molecule has 1 heterocycles.